The number of nitriles is 1. The van der Waals surface area contributed by atoms with Gasteiger partial charge in [0.2, 0.25) is 5.82 Å². The highest BCUT2D eigenvalue weighted by Crippen LogP contribution is 2.32. The number of hydrogen-bond donors (Lipinski definition) is 1. The molecule has 7 heteroatoms. The predicted molar refractivity (Wildman–Crippen MR) is 67.6 cm³/mol. The number of nitrogens with zero attached hydrogens (tertiary/aromatic N) is 4. The van der Waals surface area contributed by atoms with Crippen LogP contribution in [0.3, 0.4) is 0 Å². The van der Waals surface area contributed by atoms with E-state index in [9.17, 15) is 15.2 Å². The van der Waals surface area contributed by atoms with Gasteiger partial charge < -0.3 is 10.0 Å². The smallest absolute Gasteiger partial charge is 0.329 e. The predicted octanol–water partition coefficient (Wildman–Crippen LogP) is 1.07. The highest BCUT2D eigenvalue weighted by molar-refractivity contribution is 5.65. The van der Waals surface area contributed by atoms with E-state index >= 15 is 0 Å². The number of nitro groups is 1. The van der Waals surface area contributed by atoms with Crippen LogP contribution in [0.15, 0.2) is 12.3 Å². The molecular weight excluding hydrogens is 248 g/mol. The summed E-state index contributed by atoms with van der Waals surface area (Å²) in [5.74, 6) is 0.512. The number of aliphatic hydroxyl groups excluding tert-OH is 1. The van der Waals surface area contributed by atoms with Gasteiger partial charge in [0, 0.05) is 19.8 Å². The van der Waals surface area contributed by atoms with E-state index in [1.54, 1.807) is 11.9 Å². The molecule has 19 heavy (non-hydrogen) atoms. The fraction of sp³-hybridized carbons (Fsp3) is 0.500. The molecule has 0 unspecified atom stereocenters. The lowest BCUT2D eigenvalue weighted by molar-refractivity contribution is -0.384. The number of aliphatic hydroxyl groups is 1. The molecule has 0 radical (unpaired) electrons. The fourth-order valence-electron chi connectivity index (χ4n) is 2.32. The summed E-state index contributed by atoms with van der Waals surface area (Å²) < 4.78 is 0. The third-order valence-electron chi connectivity index (χ3n) is 3.31. The van der Waals surface area contributed by atoms with Crippen LogP contribution >= 0.6 is 0 Å². The van der Waals surface area contributed by atoms with Crippen LogP contribution in [0.5, 0.6) is 0 Å². The summed E-state index contributed by atoms with van der Waals surface area (Å²) in [6.45, 7) is 0.583. The van der Waals surface area contributed by atoms with Gasteiger partial charge in [0.1, 0.15) is 11.6 Å². The summed E-state index contributed by atoms with van der Waals surface area (Å²) in [4.78, 5) is 16.2. The summed E-state index contributed by atoms with van der Waals surface area (Å²) in [6, 6.07) is 3.15. The van der Waals surface area contributed by atoms with Crippen molar-refractivity contribution in [2.45, 2.75) is 18.9 Å². The van der Waals surface area contributed by atoms with Gasteiger partial charge >= 0.3 is 5.69 Å². The average Bonchev–Trinajstić information content (AvgIpc) is 2.35. The quantitative estimate of drug-likeness (QED) is 0.643. The first kappa shape index (κ1) is 13.2. The molecule has 1 aliphatic carbocycles. The largest absolute Gasteiger partial charge is 0.393 e. The van der Waals surface area contributed by atoms with E-state index in [1.807, 2.05) is 6.07 Å². The lowest BCUT2D eigenvalue weighted by Gasteiger charge is -2.34. The Balaban J connectivity index is 2.23. The number of hydrogen-bond acceptors (Lipinski definition) is 6. The number of pyridine rings is 1. The van der Waals surface area contributed by atoms with Crippen molar-refractivity contribution in [3.8, 4) is 6.07 Å². The number of anilines is 1. The van der Waals surface area contributed by atoms with E-state index in [2.05, 4.69) is 4.98 Å². The maximum absolute atomic E-state index is 11.1. The van der Waals surface area contributed by atoms with Crippen molar-refractivity contribution in [1.82, 2.24) is 4.98 Å². The van der Waals surface area contributed by atoms with E-state index in [-0.39, 0.29) is 23.2 Å². The average molecular weight is 262 g/mol. The highest BCUT2D eigenvalue weighted by atomic mass is 16.6. The molecule has 0 bridgehead atoms. The lowest BCUT2D eigenvalue weighted by atomic mass is 9.82. The molecular formula is C12H14N4O3. The first-order valence-corrected chi connectivity index (χ1v) is 5.95. The van der Waals surface area contributed by atoms with Crippen molar-refractivity contribution in [3.63, 3.8) is 0 Å². The molecule has 1 saturated carbocycles. The van der Waals surface area contributed by atoms with Crippen molar-refractivity contribution in [1.29, 1.82) is 5.26 Å². The van der Waals surface area contributed by atoms with Crippen molar-refractivity contribution >= 4 is 11.5 Å². The van der Waals surface area contributed by atoms with Gasteiger partial charge in [0.05, 0.1) is 11.0 Å². The highest BCUT2D eigenvalue weighted by Gasteiger charge is 2.31. The summed E-state index contributed by atoms with van der Waals surface area (Å²) in [6.07, 6.45) is 2.55. The molecule has 0 spiro atoms. The van der Waals surface area contributed by atoms with Gasteiger partial charge in [-0.2, -0.15) is 5.26 Å². The van der Waals surface area contributed by atoms with Crippen LogP contribution < -0.4 is 4.90 Å². The second kappa shape index (κ2) is 5.20. The van der Waals surface area contributed by atoms with E-state index in [0.29, 0.717) is 25.3 Å². The summed E-state index contributed by atoms with van der Waals surface area (Å²) in [5, 5.41) is 29.2. The van der Waals surface area contributed by atoms with Crippen LogP contribution in [0.25, 0.3) is 0 Å². The van der Waals surface area contributed by atoms with Gasteiger partial charge in [-0.25, -0.2) is 4.98 Å². The molecule has 2 rings (SSSR count). The first-order chi connectivity index (χ1) is 9.02. The molecule has 0 saturated heterocycles. The fourth-order valence-corrected chi connectivity index (χ4v) is 2.32. The Morgan fingerprint density at radius 1 is 1.68 bits per heavy atom. The minimum absolute atomic E-state index is 0.00972. The van der Waals surface area contributed by atoms with Crippen molar-refractivity contribution < 1.29 is 10.0 Å². The minimum atomic E-state index is -0.576. The van der Waals surface area contributed by atoms with Gasteiger partial charge in [0.15, 0.2) is 0 Å². The van der Waals surface area contributed by atoms with Crippen LogP contribution in [-0.2, 0) is 0 Å². The maximum atomic E-state index is 11.1. The Bertz CT molecular complexity index is 534. The molecule has 0 aromatic carbocycles. The molecule has 1 heterocycles. The molecule has 0 aliphatic heterocycles. The summed E-state index contributed by atoms with van der Waals surface area (Å²) in [5.41, 5.74) is -0.247. The van der Waals surface area contributed by atoms with Crippen LogP contribution in [0.4, 0.5) is 11.5 Å². The zero-order valence-electron chi connectivity index (χ0n) is 10.5. The van der Waals surface area contributed by atoms with Gasteiger partial charge in [-0.15, -0.1) is 0 Å². The number of aromatic nitrogens is 1. The van der Waals surface area contributed by atoms with Crippen LogP contribution in [0.2, 0.25) is 0 Å². The SMILES string of the molecule is CN(CC1CC(O)C1)c1nccc(C#N)c1[N+](=O)[O-]. The standard InChI is InChI=1S/C12H14N4O3/c1-15(7-8-4-10(17)5-8)12-11(16(18)19)9(6-13)2-3-14-12/h2-3,8,10,17H,4-5,7H2,1H3. The molecule has 0 amide bonds. The van der Waals surface area contributed by atoms with E-state index in [4.69, 9.17) is 5.26 Å². The molecule has 100 valence electrons. The Morgan fingerprint density at radius 3 is 2.89 bits per heavy atom. The summed E-state index contributed by atoms with van der Waals surface area (Å²) in [7, 11) is 1.71. The third-order valence-corrected chi connectivity index (χ3v) is 3.31. The normalized spacial score (nSPS) is 21.3. The third kappa shape index (κ3) is 2.63. The van der Waals surface area contributed by atoms with Crippen molar-refractivity contribution in [2.75, 3.05) is 18.5 Å². The van der Waals surface area contributed by atoms with Gasteiger partial charge in [-0.05, 0) is 24.8 Å². The Hall–Kier alpha value is -2.20. The Labute approximate surface area is 110 Å². The lowest BCUT2D eigenvalue weighted by Crippen LogP contribution is -2.37. The summed E-state index contributed by atoms with van der Waals surface area (Å²) >= 11 is 0. The van der Waals surface area contributed by atoms with Crippen LogP contribution in [0, 0.1) is 27.4 Å². The van der Waals surface area contributed by atoms with Gasteiger partial charge in [-0.1, -0.05) is 0 Å². The molecule has 1 aromatic heterocycles. The maximum Gasteiger partial charge on any atom is 0.329 e. The van der Waals surface area contributed by atoms with E-state index in [1.165, 1.54) is 12.3 Å². The zero-order chi connectivity index (χ0) is 14.0. The van der Waals surface area contributed by atoms with Crippen molar-refractivity contribution in [3.05, 3.63) is 27.9 Å². The molecule has 1 fully saturated rings. The van der Waals surface area contributed by atoms with Crippen LogP contribution in [-0.4, -0.2) is 34.7 Å². The molecule has 1 aromatic rings. The number of rotatable bonds is 4. The monoisotopic (exact) mass is 262 g/mol. The molecule has 1 N–H and O–H groups in total. The van der Waals surface area contributed by atoms with Gasteiger partial charge in [0.25, 0.3) is 0 Å². The Kier molecular flexibility index (Phi) is 3.62. The topological polar surface area (TPSA) is 103 Å². The molecule has 7 nitrogen and oxygen atoms in total. The van der Waals surface area contributed by atoms with Gasteiger partial charge in [-0.3, -0.25) is 10.1 Å². The van der Waals surface area contributed by atoms with E-state index in [0.717, 1.165) is 0 Å². The molecule has 1 aliphatic rings. The first-order valence-electron chi connectivity index (χ1n) is 5.95. The van der Waals surface area contributed by atoms with E-state index < -0.39 is 4.92 Å². The van der Waals surface area contributed by atoms with Crippen LogP contribution in [0.1, 0.15) is 18.4 Å². The second-order valence-electron chi connectivity index (χ2n) is 4.77. The minimum Gasteiger partial charge on any atom is -0.393 e. The molecule has 0 atom stereocenters. The zero-order valence-corrected chi connectivity index (χ0v) is 10.5. The van der Waals surface area contributed by atoms with Crippen molar-refractivity contribution in [2.24, 2.45) is 5.92 Å². The Morgan fingerprint density at radius 2 is 2.37 bits per heavy atom. The second-order valence-corrected chi connectivity index (χ2v) is 4.77.